The highest BCUT2D eigenvalue weighted by molar-refractivity contribution is 5.65. The van der Waals surface area contributed by atoms with Crippen molar-refractivity contribution >= 4 is 6.09 Å². The van der Waals surface area contributed by atoms with Crippen molar-refractivity contribution in [3.8, 4) is 0 Å². The Balaban J connectivity index is 2.25. The maximum absolute atomic E-state index is 10.9. The lowest BCUT2D eigenvalue weighted by atomic mass is 10.2. The third-order valence-electron chi connectivity index (χ3n) is 2.11. The van der Waals surface area contributed by atoms with Crippen molar-refractivity contribution in [2.45, 2.75) is 6.04 Å². The van der Waals surface area contributed by atoms with Crippen LogP contribution in [0.1, 0.15) is 11.9 Å². The Hall–Kier alpha value is -1.83. The monoisotopic (exact) mass is 215 g/mol. The van der Waals surface area contributed by atoms with Gasteiger partial charge < -0.3 is 14.3 Å². The second-order valence-electron chi connectivity index (χ2n) is 3.02. The summed E-state index contributed by atoms with van der Waals surface area (Å²) in [6.45, 7) is 0.702. The molecule has 15 heavy (non-hydrogen) atoms. The Morgan fingerprint density at radius 3 is 3.07 bits per heavy atom. The normalized spacial score (nSPS) is 21.6. The van der Waals surface area contributed by atoms with Crippen LogP contribution in [0.5, 0.6) is 0 Å². The van der Waals surface area contributed by atoms with Gasteiger partial charge in [0.05, 0.1) is 13.2 Å². The van der Waals surface area contributed by atoms with E-state index in [2.05, 4.69) is 10.2 Å². The number of carboxylic acid groups (broad SMARTS) is 1. The lowest BCUT2D eigenvalue weighted by Crippen LogP contribution is -2.42. The fraction of sp³-hybridized carbons (Fsp3) is 0.571. The molecule has 8 heteroatoms. The summed E-state index contributed by atoms with van der Waals surface area (Å²) in [6.07, 6.45) is -1.09. The van der Waals surface area contributed by atoms with E-state index in [1.165, 1.54) is 0 Å². The molecule has 0 aliphatic carbocycles. The molecule has 1 atom stereocenters. The van der Waals surface area contributed by atoms with Crippen molar-refractivity contribution in [1.82, 2.24) is 15.1 Å². The lowest BCUT2D eigenvalue weighted by Gasteiger charge is -2.30. The highest BCUT2D eigenvalue weighted by Crippen LogP contribution is 2.21. The highest BCUT2D eigenvalue weighted by atomic mass is 16.5. The Labute approximate surface area is 83.4 Å². The quantitative estimate of drug-likeness (QED) is 0.648. The predicted octanol–water partition coefficient (Wildman–Crippen LogP) is -0.586. The molecule has 0 bridgehead atoms. The maximum Gasteiger partial charge on any atom is 0.434 e. The molecule has 1 aromatic heterocycles. The number of nitrogens with one attached hydrogen (secondary N) is 1. The average molecular weight is 215 g/mol. The summed E-state index contributed by atoms with van der Waals surface area (Å²) >= 11 is 0. The van der Waals surface area contributed by atoms with E-state index in [1.807, 2.05) is 0 Å². The van der Waals surface area contributed by atoms with Gasteiger partial charge >= 0.3 is 11.8 Å². The zero-order chi connectivity index (χ0) is 10.8. The van der Waals surface area contributed by atoms with E-state index in [0.29, 0.717) is 6.61 Å². The summed E-state index contributed by atoms with van der Waals surface area (Å²) in [5.41, 5.74) is 0. The number of aromatic amines is 1. The molecule has 0 saturated carbocycles. The number of morpholine rings is 1. The number of ether oxygens (including phenoxy) is 1. The second-order valence-corrected chi connectivity index (χ2v) is 3.02. The summed E-state index contributed by atoms with van der Waals surface area (Å²) in [4.78, 5) is 22.7. The largest absolute Gasteiger partial charge is 0.465 e. The van der Waals surface area contributed by atoms with E-state index in [-0.39, 0.29) is 19.0 Å². The third-order valence-corrected chi connectivity index (χ3v) is 2.11. The summed E-state index contributed by atoms with van der Waals surface area (Å²) in [6, 6.07) is -0.657. The molecule has 1 unspecified atom stereocenters. The van der Waals surface area contributed by atoms with Crippen LogP contribution in [0, 0.1) is 0 Å². The van der Waals surface area contributed by atoms with Gasteiger partial charge in [-0.25, -0.2) is 14.7 Å². The van der Waals surface area contributed by atoms with E-state index in [1.54, 1.807) is 0 Å². The SMILES string of the molecule is O=C(O)N1CCOCC1c1n[nH]c(=O)o1. The van der Waals surface area contributed by atoms with Gasteiger partial charge in [0.25, 0.3) is 0 Å². The lowest BCUT2D eigenvalue weighted by molar-refractivity contribution is -0.00998. The van der Waals surface area contributed by atoms with Gasteiger partial charge in [-0.2, -0.15) is 0 Å². The fourth-order valence-electron chi connectivity index (χ4n) is 1.42. The molecular formula is C7H9N3O5. The molecule has 1 amide bonds. The Morgan fingerprint density at radius 2 is 2.47 bits per heavy atom. The number of nitrogens with zero attached hydrogens (tertiary/aromatic N) is 2. The van der Waals surface area contributed by atoms with Gasteiger partial charge in [-0.15, -0.1) is 5.10 Å². The standard InChI is InChI=1S/C7H9N3O5/c11-6-9-8-5(15-6)4-3-14-2-1-10(4)7(12)13/h4H,1-3H2,(H,9,11)(H,12,13). The van der Waals surface area contributed by atoms with Gasteiger partial charge in [0, 0.05) is 6.54 Å². The van der Waals surface area contributed by atoms with Crippen LogP contribution >= 0.6 is 0 Å². The molecule has 1 aliphatic heterocycles. The first kappa shape index (κ1) is 9.71. The number of aromatic nitrogens is 2. The van der Waals surface area contributed by atoms with Crippen LogP contribution < -0.4 is 5.76 Å². The van der Waals surface area contributed by atoms with Gasteiger partial charge in [0.2, 0.25) is 5.89 Å². The number of hydrogen-bond donors (Lipinski definition) is 2. The van der Waals surface area contributed by atoms with Crippen LogP contribution in [-0.2, 0) is 4.74 Å². The van der Waals surface area contributed by atoms with Crippen molar-refractivity contribution in [2.75, 3.05) is 19.8 Å². The van der Waals surface area contributed by atoms with E-state index in [9.17, 15) is 9.59 Å². The molecule has 1 fully saturated rings. The smallest absolute Gasteiger partial charge is 0.434 e. The van der Waals surface area contributed by atoms with E-state index in [0.717, 1.165) is 4.90 Å². The van der Waals surface area contributed by atoms with E-state index >= 15 is 0 Å². The molecule has 82 valence electrons. The van der Waals surface area contributed by atoms with Crippen LogP contribution in [0.3, 0.4) is 0 Å². The Bertz CT molecular complexity index is 411. The van der Waals surface area contributed by atoms with Gasteiger partial charge in [0.1, 0.15) is 6.04 Å². The molecule has 1 aliphatic rings. The molecule has 2 N–H and O–H groups in total. The van der Waals surface area contributed by atoms with Crippen molar-refractivity contribution < 1.29 is 19.1 Å². The Morgan fingerprint density at radius 1 is 1.67 bits per heavy atom. The molecular weight excluding hydrogens is 206 g/mol. The molecule has 0 spiro atoms. The maximum atomic E-state index is 10.9. The minimum absolute atomic E-state index is 0.0297. The summed E-state index contributed by atoms with van der Waals surface area (Å²) in [5, 5.41) is 14.6. The summed E-state index contributed by atoms with van der Waals surface area (Å²) in [7, 11) is 0. The number of carbonyl (C=O) groups is 1. The number of rotatable bonds is 1. The first-order chi connectivity index (χ1) is 7.18. The molecule has 0 radical (unpaired) electrons. The average Bonchev–Trinajstić information content (AvgIpc) is 2.65. The zero-order valence-electron chi connectivity index (χ0n) is 7.67. The van der Waals surface area contributed by atoms with Crippen molar-refractivity contribution in [2.24, 2.45) is 0 Å². The van der Waals surface area contributed by atoms with E-state index < -0.39 is 17.9 Å². The summed E-state index contributed by atoms with van der Waals surface area (Å²) in [5.74, 6) is -0.678. The predicted molar refractivity (Wildman–Crippen MR) is 45.4 cm³/mol. The molecule has 2 heterocycles. The molecule has 0 aromatic carbocycles. The van der Waals surface area contributed by atoms with Crippen molar-refractivity contribution in [3.05, 3.63) is 16.4 Å². The zero-order valence-corrected chi connectivity index (χ0v) is 7.67. The molecule has 1 saturated heterocycles. The van der Waals surface area contributed by atoms with Crippen LogP contribution in [-0.4, -0.2) is 46.1 Å². The molecule has 2 rings (SSSR count). The van der Waals surface area contributed by atoms with Gasteiger partial charge in [0.15, 0.2) is 0 Å². The van der Waals surface area contributed by atoms with Crippen molar-refractivity contribution in [3.63, 3.8) is 0 Å². The molecule has 8 nitrogen and oxygen atoms in total. The number of H-pyrrole nitrogens is 1. The first-order valence-electron chi connectivity index (χ1n) is 4.31. The van der Waals surface area contributed by atoms with Crippen molar-refractivity contribution in [1.29, 1.82) is 0 Å². The van der Waals surface area contributed by atoms with Crippen LogP contribution in [0.15, 0.2) is 9.21 Å². The fourth-order valence-corrected chi connectivity index (χ4v) is 1.42. The van der Waals surface area contributed by atoms with Gasteiger partial charge in [-0.1, -0.05) is 0 Å². The number of amides is 1. The van der Waals surface area contributed by atoms with Gasteiger partial charge in [-0.3, -0.25) is 4.90 Å². The number of hydrogen-bond acceptors (Lipinski definition) is 5. The molecule has 1 aromatic rings. The topological polar surface area (TPSA) is 109 Å². The van der Waals surface area contributed by atoms with Crippen LogP contribution in [0.4, 0.5) is 4.79 Å². The minimum atomic E-state index is -1.09. The first-order valence-corrected chi connectivity index (χ1v) is 4.31. The highest BCUT2D eigenvalue weighted by Gasteiger charge is 2.32. The van der Waals surface area contributed by atoms with E-state index in [4.69, 9.17) is 14.3 Å². The van der Waals surface area contributed by atoms with Crippen LogP contribution in [0.2, 0.25) is 0 Å². The van der Waals surface area contributed by atoms with Crippen LogP contribution in [0.25, 0.3) is 0 Å². The third kappa shape index (κ3) is 1.84. The minimum Gasteiger partial charge on any atom is -0.465 e. The summed E-state index contributed by atoms with van der Waals surface area (Å²) < 4.78 is 9.80. The second kappa shape index (κ2) is 3.73. The Kier molecular flexibility index (Phi) is 2.42. The van der Waals surface area contributed by atoms with Gasteiger partial charge in [-0.05, 0) is 0 Å².